The Morgan fingerprint density at radius 3 is 2.76 bits per heavy atom. The van der Waals surface area contributed by atoms with Gasteiger partial charge >= 0.3 is 12.0 Å². The van der Waals surface area contributed by atoms with Crippen LogP contribution in [-0.2, 0) is 9.53 Å². The van der Waals surface area contributed by atoms with Crippen molar-refractivity contribution in [2.45, 2.75) is 0 Å². The highest BCUT2D eigenvalue weighted by Gasteiger charge is 2.17. The van der Waals surface area contributed by atoms with Crippen LogP contribution >= 0.6 is 11.6 Å². The predicted octanol–water partition coefficient (Wildman–Crippen LogP) is 2.39. The fourth-order valence-electron chi connectivity index (χ4n) is 1.54. The molecular formula is C13H10ClN3O4. The molecule has 8 heteroatoms. The van der Waals surface area contributed by atoms with Gasteiger partial charge in [-0.3, -0.25) is 0 Å². The highest BCUT2D eigenvalue weighted by atomic mass is 35.5. The second-order valence-electron chi connectivity index (χ2n) is 3.71. The SMILES string of the molecule is CO/C=C(\C(=O)O)c1ccccc1Oc1ncnc(Cl)n1. The van der Waals surface area contributed by atoms with Gasteiger partial charge in [0.1, 0.15) is 17.6 Å². The van der Waals surface area contributed by atoms with E-state index >= 15 is 0 Å². The molecule has 0 aliphatic heterocycles. The molecule has 0 fully saturated rings. The first-order chi connectivity index (χ1) is 10.1. The molecule has 0 amide bonds. The number of ether oxygens (including phenoxy) is 2. The number of aliphatic carboxylic acids is 1. The third kappa shape index (κ3) is 3.67. The van der Waals surface area contributed by atoms with Gasteiger partial charge in [0.05, 0.1) is 13.4 Å². The molecule has 0 saturated heterocycles. The van der Waals surface area contributed by atoms with E-state index in [1.807, 2.05) is 0 Å². The minimum atomic E-state index is -1.15. The zero-order valence-electron chi connectivity index (χ0n) is 10.9. The van der Waals surface area contributed by atoms with Crippen molar-refractivity contribution < 1.29 is 19.4 Å². The minimum absolute atomic E-state index is 0.0247. The van der Waals surface area contributed by atoms with Crippen molar-refractivity contribution in [1.82, 2.24) is 15.0 Å². The summed E-state index contributed by atoms with van der Waals surface area (Å²) in [6.07, 6.45) is 2.31. The summed E-state index contributed by atoms with van der Waals surface area (Å²) >= 11 is 5.65. The topological polar surface area (TPSA) is 94.4 Å². The fraction of sp³-hybridized carbons (Fsp3) is 0.0769. The average Bonchev–Trinajstić information content (AvgIpc) is 2.45. The van der Waals surface area contributed by atoms with Gasteiger partial charge in [0.25, 0.3) is 0 Å². The maximum Gasteiger partial charge on any atom is 0.339 e. The molecule has 0 spiro atoms. The van der Waals surface area contributed by atoms with Crippen molar-refractivity contribution in [2.24, 2.45) is 0 Å². The number of halogens is 1. The third-order valence-corrected chi connectivity index (χ3v) is 2.55. The summed E-state index contributed by atoms with van der Waals surface area (Å²) in [6, 6.07) is 6.49. The smallest absolute Gasteiger partial charge is 0.339 e. The number of carbonyl (C=O) groups is 1. The van der Waals surface area contributed by atoms with Crippen LogP contribution in [0, 0.1) is 0 Å². The van der Waals surface area contributed by atoms with Crippen LogP contribution in [0.5, 0.6) is 11.8 Å². The summed E-state index contributed by atoms with van der Waals surface area (Å²) < 4.78 is 10.2. The molecule has 1 aromatic carbocycles. The first-order valence-corrected chi connectivity index (χ1v) is 6.07. The maximum absolute atomic E-state index is 11.3. The largest absolute Gasteiger partial charge is 0.503 e. The number of nitrogens with zero attached hydrogens (tertiary/aromatic N) is 3. The molecule has 0 unspecified atom stereocenters. The van der Waals surface area contributed by atoms with E-state index in [1.165, 1.54) is 13.4 Å². The summed E-state index contributed by atoms with van der Waals surface area (Å²) in [7, 11) is 1.36. The van der Waals surface area contributed by atoms with Crippen molar-refractivity contribution in [3.8, 4) is 11.8 Å². The van der Waals surface area contributed by atoms with Crippen LogP contribution in [0.15, 0.2) is 36.9 Å². The zero-order valence-corrected chi connectivity index (χ0v) is 11.6. The molecule has 1 aromatic heterocycles. The van der Waals surface area contributed by atoms with Gasteiger partial charge in [-0.05, 0) is 17.7 Å². The molecule has 21 heavy (non-hydrogen) atoms. The quantitative estimate of drug-likeness (QED) is 0.669. The summed E-state index contributed by atoms with van der Waals surface area (Å²) in [4.78, 5) is 22.5. The van der Waals surface area contributed by atoms with Crippen molar-refractivity contribution >= 4 is 23.1 Å². The molecule has 0 aliphatic rings. The molecule has 1 heterocycles. The number of methoxy groups -OCH3 is 1. The van der Waals surface area contributed by atoms with Crippen LogP contribution in [0.1, 0.15) is 5.56 Å². The predicted molar refractivity (Wildman–Crippen MR) is 74.0 cm³/mol. The monoisotopic (exact) mass is 307 g/mol. The van der Waals surface area contributed by atoms with Crippen molar-refractivity contribution in [3.05, 3.63) is 47.7 Å². The molecule has 108 valence electrons. The molecule has 2 aromatic rings. The van der Waals surface area contributed by atoms with Gasteiger partial charge < -0.3 is 14.6 Å². The number of rotatable bonds is 5. The molecule has 0 radical (unpaired) electrons. The van der Waals surface area contributed by atoms with Gasteiger partial charge in [-0.1, -0.05) is 18.2 Å². The Hall–Kier alpha value is -2.67. The van der Waals surface area contributed by atoms with E-state index in [0.29, 0.717) is 5.56 Å². The molecule has 0 bridgehead atoms. The van der Waals surface area contributed by atoms with Gasteiger partial charge in [0.2, 0.25) is 5.28 Å². The normalized spacial score (nSPS) is 11.0. The number of carboxylic acid groups (broad SMARTS) is 1. The van der Waals surface area contributed by atoms with Crippen LogP contribution < -0.4 is 4.74 Å². The van der Waals surface area contributed by atoms with E-state index in [2.05, 4.69) is 15.0 Å². The third-order valence-electron chi connectivity index (χ3n) is 2.36. The van der Waals surface area contributed by atoms with E-state index in [-0.39, 0.29) is 22.6 Å². The molecule has 0 aliphatic carbocycles. The highest BCUT2D eigenvalue weighted by Crippen LogP contribution is 2.29. The number of carboxylic acids is 1. The minimum Gasteiger partial charge on any atom is -0.503 e. The molecule has 0 saturated carbocycles. The van der Waals surface area contributed by atoms with Crippen LogP contribution in [0.25, 0.3) is 5.57 Å². The summed E-state index contributed by atoms with van der Waals surface area (Å²) in [5.41, 5.74) is 0.261. The van der Waals surface area contributed by atoms with Gasteiger partial charge in [-0.15, -0.1) is 0 Å². The Morgan fingerprint density at radius 2 is 2.10 bits per heavy atom. The summed E-state index contributed by atoms with van der Waals surface area (Å²) in [5, 5.41) is 9.20. The zero-order chi connectivity index (χ0) is 15.2. The molecular weight excluding hydrogens is 298 g/mol. The average molecular weight is 308 g/mol. The van der Waals surface area contributed by atoms with E-state index in [4.69, 9.17) is 21.1 Å². The Morgan fingerprint density at radius 1 is 1.33 bits per heavy atom. The van der Waals surface area contributed by atoms with Gasteiger partial charge in [0, 0.05) is 5.56 Å². The van der Waals surface area contributed by atoms with E-state index < -0.39 is 5.97 Å². The maximum atomic E-state index is 11.3. The number of aromatic nitrogens is 3. The lowest BCUT2D eigenvalue weighted by Crippen LogP contribution is -2.03. The van der Waals surface area contributed by atoms with Gasteiger partial charge in [0.15, 0.2) is 0 Å². The van der Waals surface area contributed by atoms with E-state index in [9.17, 15) is 9.90 Å². The van der Waals surface area contributed by atoms with E-state index in [1.54, 1.807) is 24.3 Å². The second-order valence-corrected chi connectivity index (χ2v) is 4.05. The van der Waals surface area contributed by atoms with Crippen LogP contribution in [0.2, 0.25) is 5.28 Å². The molecule has 0 atom stereocenters. The fourth-order valence-corrected chi connectivity index (χ4v) is 1.65. The first kappa shape index (κ1) is 14.7. The Kier molecular flexibility index (Phi) is 4.68. The Balaban J connectivity index is 2.41. The van der Waals surface area contributed by atoms with Gasteiger partial charge in [-0.25, -0.2) is 9.78 Å². The summed E-state index contributed by atoms with van der Waals surface area (Å²) in [5.74, 6) is -0.896. The number of hydrogen-bond donors (Lipinski definition) is 1. The molecule has 1 N–H and O–H groups in total. The van der Waals surface area contributed by atoms with Gasteiger partial charge in [-0.2, -0.15) is 9.97 Å². The van der Waals surface area contributed by atoms with Crippen molar-refractivity contribution in [3.63, 3.8) is 0 Å². The van der Waals surface area contributed by atoms with Crippen LogP contribution in [0.4, 0.5) is 0 Å². The molecule has 2 rings (SSSR count). The van der Waals surface area contributed by atoms with Crippen molar-refractivity contribution in [2.75, 3.05) is 7.11 Å². The molecule has 7 nitrogen and oxygen atoms in total. The highest BCUT2D eigenvalue weighted by molar-refractivity contribution is 6.28. The number of para-hydroxylation sites is 1. The van der Waals surface area contributed by atoms with Crippen LogP contribution in [-0.4, -0.2) is 33.1 Å². The lowest BCUT2D eigenvalue weighted by Gasteiger charge is -2.10. The standard InChI is InChI=1S/C13H10ClN3O4/c1-20-6-9(11(18)19)8-4-2-3-5-10(8)21-13-16-7-15-12(14)17-13/h2-7H,1H3,(H,18,19)/b9-6-. The number of benzene rings is 1. The lowest BCUT2D eigenvalue weighted by atomic mass is 10.1. The lowest BCUT2D eigenvalue weighted by molar-refractivity contribution is -0.130. The Labute approximate surface area is 124 Å². The Bertz CT molecular complexity index is 691. The first-order valence-electron chi connectivity index (χ1n) is 5.70. The summed E-state index contributed by atoms with van der Waals surface area (Å²) in [6.45, 7) is 0. The number of hydrogen-bond acceptors (Lipinski definition) is 6. The van der Waals surface area contributed by atoms with Crippen molar-refractivity contribution in [1.29, 1.82) is 0 Å². The van der Waals surface area contributed by atoms with E-state index in [0.717, 1.165) is 6.26 Å². The van der Waals surface area contributed by atoms with Crippen LogP contribution in [0.3, 0.4) is 0 Å². The second kappa shape index (κ2) is 6.67.